The molecule has 0 saturated carbocycles. The number of aromatic carboxylic acids is 1. The lowest BCUT2D eigenvalue weighted by molar-refractivity contribution is 0.0690. The van der Waals surface area contributed by atoms with Gasteiger partial charge in [-0.3, -0.25) is 9.82 Å². The molecule has 0 atom stereocenters. The fraction of sp³-hybridized carbons (Fsp3) is 0.111. The van der Waals surface area contributed by atoms with Crippen molar-refractivity contribution in [3.8, 4) is 0 Å². The van der Waals surface area contributed by atoms with E-state index in [1.807, 2.05) is 0 Å². The molecule has 19 heavy (non-hydrogen) atoms. The number of nitrogens with zero attached hydrogens (tertiary/aromatic N) is 1. The number of aryl methyl sites for hydroxylation is 1. The maximum atomic E-state index is 12.1. The number of carbonyl (C=O) groups is 1. The zero-order valence-corrected chi connectivity index (χ0v) is 12.7. The van der Waals surface area contributed by atoms with E-state index in [4.69, 9.17) is 5.11 Å². The smallest absolute Gasteiger partial charge is 0.353 e. The quantitative estimate of drug-likeness (QED) is 0.767. The summed E-state index contributed by atoms with van der Waals surface area (Å²) in [5.41, 5.74) is -0.194. The molecular weight excluding hydrogens is 358 g/mol. The number of aromatic amines is 1. The molecule has 0 aliphatic heterocycles. The number of hydrogen-bond acceptors (Lipinski definition) is 5. The van der Waals surface area contributed by atoms with Crippen LogP contribution in [0.3, 0.4) is 0 Å². The number of rotatable bonds is 4. The van der Waals surface area contributed by atoms with E-state index in [2.05, 4.69) is 30.8 Å². The Kier molecular flexibility index (Phi) is 3.65. The van der Waals surface area contributed by atoms with Crippen LogP contribution in [0, 0.1) is 6.92 Å². The fourth-order valence-corrected chi connectivity index (χ4v) is 4.78. The first kappa shape index (κ1) is 14.0. The summed E-state index contributed by atoms with van der Waals surface area (Å²) < 4.78 is 27.1. The summed E-state index contributed by atoms with van der Waals surface area (Å²) >= 11 is 4.50. The van der Waals surface area contributed by atoms with Gasteiger partial charge in [0, 0.05) is 10.9 Å². The summed E-state index contributed by atoms with van der Waals surface area (Å²) in [6, 6.07) is 2.59. The Hall–Kier alpha value is -1.39. The molecule has 0 amide bonds. The van der Waals surface area contributed by atoms with E-state index < -0.39 is 16.0 Å². The van der Waals surface area contributed by atoms with Gasteiger partial charge in [0.05, 0.1) is 3.79 Å². The van der Waals surface area contributed by atoms with E-state index >= 15 is 0 Å². The minimum Gasteiger partial charge on any atom is -0.477 e. The van der Waals surface area contributed by atoms with Gasteiger partial charge >= 0.3 is 5.97 Å². The summed E-state index contributed by atoms with van der Waals surface area (Å²) in [5, 5.41) is 14.5. The van der Waals surface area contributed by atoms with Gasteiger partial charge in [-0.25, -0.2) is 13.2 Å². The van der Waals surface area contributed by atoms with Crippen LogP contribution in [-0.2, 0) is 10.0 Å². The number of carboxylic acids is 1. The van der Waals surface area contributed by atoms with E-state index in [0.717, 1.165) is 6.07 Å². The monoisotopic (exact) mass is 365 g/mol. The van der Waals surface area contributed by atoms with Crippen LogP contribution in [-0.4, -0.2) is 29.7 Å². The number of anilines is 1. The predicted octanol–water partition coefficient (Wildman–Crippen LogP) is 2.04. The third-order valence-electron chi connectivity index (χ3n) is 2.18. The Bertz CT molecular complexity index is 734. The normalized spacial score (nSPS) is 11.5. The molecule has 2 rings (SSSR count). The van der Waals surface area contributed by atoms with Gasteiger partial charge in [-0.05, 0) is 28.9 Å². The molecule has 0 spiro atoms. The topological polar surface area (TPSA) is 112 Å². The molecule has 0 aromatic carbocycles. The lowest BCUT2D eigenvalue weighted by Gasteiger charge is -2.03. The third-order valence-corrected chi connectivity index (χ3v) is 5.34. The highest BCUT2D eigenvalue weighted by Gasteiger charge is 2.21. The van der Waals surface area contributed by atoms with Gasteiger partial charge in [0.25, 0.3) is 10.0 Å². The molecule has 0 radical (unpaired) electrons. The van der Waals surface area contributed by atoms with Crippen LogP contribution in [0.4, 0.5) is 5.82 Å². The van der Waals surface area contributed by atoms with Gasteiger partial charge in [-0.1, -0.05) is 0 Å². The fourth-order valence-electron chi connectivity index (χ4n) is 1.37. The van der Waals surface area contributed by atoms with Crippen LogP contribution >= 0.6 is 27.3 Å². The molecule has 102 valence electrons. The molecule has 2 heterocycles. The highest BCUT2D eigenvalue weighted by molar-refractivity contribution is 9.11. The SMILES string of the molecule is Cc1sc(Br)cc1S(=O)(=O)Nc1cc(C(=O)O)[nH]n1. The largest absolute Gasteiger partial charge is 0.477 e. The highest BCUT2D eigenvalue weighted by atomic mass is 79.9. The number of hydrogen-bond donors (Lipinski definition) is 3. The zero-order valence-electron chi connectivity index (χ0n) is 9.47. The van der Waals surface area contributed by atoms with E-state index in [1.165, 1.54) is 17.4 Å². The maximum absolute atomic E-state index is 12.1. The molecule has 0 aliphatic rings. The lowest BCUT2D eigenvalue weighted by atomic mass is 10.4. The van der Waals surface area contributed by atoms with Crippen molar-refractivity contribution in [3.05, 3.63) is 26.5 Å². The van der Waals surface area contributed by atoms with Crippen LogP contribution < -0.4 is 4.72 Å². The van der Waals surface area contributed by atoms with Gasteiger partial charge in [0.2, 0.25) is 0 Å². The molecule has 0 aliphatic carbocycles. The van der Waals surface area contributed by atoms with Crippen LogP contribution in [0.2, 0.25) is 0 Å². The molecule has 0 bridgehead atoms. The van der Waals surface area contributed by atoms with Gasteiger partial charge in [0.1, 0.15) is 10.6 Å². The van der Waals surface area contributed by atoms with Crippen molar-refractivity contribution in [1.82, 2.24) is 10.2 Å². The number of sulfonamides is 1. The predicted molar refractivity (Wildman–Crippen MR) is 73.1 cm³/mol. The second-order valence-electron chi connectivity index (χ2n) is 3.55. The number of aromatic nitrogens is 2. The highest BCUT2D eigenvalue weighted by Crippen LogP contribution is 2.30. The van der Waals surface area contributed by atoms with Crippen molar-refractivity contribution in [2.24, 2.45) is 0 Å². The number of halogens is 1. The van der Waals surface area contributed by atoms with Crippen LogP contribution in [0.5, 0.6) is 0 Å². The van der Waals surface area contributed by atoms with Crippen molar-refractivity contribution in [3.63, 3.8) is 0 Å². The molecular formula is C9H8BrN3O4S2. The molecule has 10 heteroatoms. The van der Waals surface area contributed by atoms with E-state index in [1.54, 1.807) is 6.92 Å². The van der Waals surface area contributed by atoms with Gasteiger partial charge in [-0.2, -0.15) is 5.10 Å². The molecule has 0 saturated heterocycles. The molecule has 7 nitrogen and oxygen atoms in total. The Morgan fingerprint density at radius 2 is 2.21 bits per heavy atom. The number of nitrogens with one attached hydrogen (secondary N) is 2. The summed E-state index contributed by atoms with van der Waals surface area (Å²) in [6.45, 7) is 1.68. The number of thiophene rings is 1. The lowest BCUT2D eigenvalue weighted by Crippen LogP contribution is -2.13. The van der Waals surface area contributed by atoms with Gasteiger partial charge < -0.3 is 5.11 Å². The van der Waals surface area contributed by atoms with Crippen molar-refractivity contribution < 1.29 is 18.3 Å². The average Bonchev–Trinajstić information content (AvgIpc) is 2.85. The first-order chi connectivity index (χ1) is 8.79. The molecule has 2 aromatic rings. The number of H-pyrrole nitrogens is 1. The van der Waals surface area contributed by atoms with Gasteiger partial charge in [-0.15, -0.1) is 11.3 Å². The summed E-state index contributed by atoms with van der Waals surface area (Å²) in [5.74, 6) is -1.29. The molecule has 0 unspecified atom stereocenters. The Labute approximate surface area is 120 Å². The minimum absolute atomic E-state index is 0.0703. The Morgan fingerprint density at radius 3 is 2.68 bits per heavy atom. The standard InChI is InChI=1S/C9H8BrN3O4S2/c1-4-6(3-7(10)18-4)19(16,17)13-8-2-5(9(14)15)11-12-8/h2-3H,1H3,(H,14,15)(H2,11,12,13). The second kappa shape index (κ2) is 4.94. The molecule has 2 aromatic heterocycles. The first-order valence-electron chi connectivity index (χ1n) is 4.87. The van der Waals surface area contributed by atoms with E-state index in [9.17, 15) is 13.2 Å². The van der Waals surface area contributed by atoms with Crippen LogP contribution in [0.1, 0.15) is 15.4 Å². The first-order valence-corrected chi connectivity index (χ1v) is 7.96. The maximum Gasteiger partial charge on any atom is 0.353 e. The summed E-state index contributed by atoms with van der Waals surface area (Å²) in [7, 11) is -3.78. The minimum atomic E-state index is -3.78. The molecule has 0 fully saturated rings. The van der Waals surface area contributed by atoms with Crippen LogP contribution in [0.25, 0.3) is 0 Å². The second-order valence-corrected chi connectivity index (χ2v) is 7.83. The average molecular weight is 366 g/mol. The molecule has 3 N–H and O–H groups in total. The van der Waals surface area contributed by atoms with Crippen LogP contribution in [0.15, 0.2) is 20.8 Å². The Morgan fingerprint density at radius 1 is 1.53 bits per heavy atom. The summed E-state index contributed by atoms with van der Waals surface area (Å²) in [6.07, 6.45) is 0. The summed E-state index contributed by atoms with van der Waals surface area (Å²) in [4.78, 5) is 11.4. The zero-order chi connectivity index (χ0) is 14.2. The Balaban J connectivity index is 2.31. The van der Waals surface area contributed by atoms with Crippen molar-refractivity contribution >= 4 is 49.1 Å². The van der Waals surface area contributed by atoms with Crippen molar-refractivity contribution in [1.29, 1.82) is 0 Å². The third kappa shape index (κ3) is 2.96. The number of carboxylic acid groups (broad SMARTS) is 1. The van der Waals surface area contributed by atoms with E-state index in [-0.39, 0.29) is 16.4 Å². The van der Waals surface area contributed by atoms with Crippen molar-refractivity contribution in [2.45, 2.75) is 11.8 Å². The van der Waals surface area contributed by atoms with Gasteiger partial charge in [0.15, 0.2) is 5.82 Å². The van der Waals surface area contributed by atoms with E-state index in [0.29, 0.717) is 8.66 Å². The van der Waals surface area contributed by atoms with Crippen molar-refractivity contribution in [2.75, 3.05) is 4.72 Å².